The van der Waals surface area contributed by atoms with Crippen LogP contribution in [-0.2, 0) is 11.2 Å². The quantitative estimate of drug-likeness (QED) is 0.589. The van der Waals surface area contributed by atoms with E-state index in [1.54, 1.807) is 6.20 Å². The zero-order chi connectivity index (χ0) is 24.2. The lowest BCUT2D eigenvalue weighted by atomic mass is 9.37. The molecule has 1 aromatic carbocycles. The van der Waals surface area contributed by atoms with Gasteiger partial charge in [-0.05, 0) is 104 Å². The summed E-state index contributed by atoms with van der Waals surface area (Å²) in [6.45, 7) is 4.31. The molecule has 1 heterocycles. The highest BCUT2D eigenvalue weighted by Crippen LogP contribution is 2.74. The monoisotopic (exact) mass is 469 g/mol. The van der Waals surface area contributed by atoms with Gasteiger partial charge in [0.1, 0.15) is 0 Å². The van der Waals surface area contributed by atoms with Gasteiger partial charge in [0.15, 0.2) is 5.78 Å². The lowest BCUT2D eigenvalue weighted by molar-refractivity contribution is -0.229. The number of hydrogen-bond donors (Lipinski definition) is 2. The smallest absolute Gasteiger partial charge is 0.155 e. The Kier molecular flexibility index (Phi) is 4.34. The normalized spacial score (nSPS) is 43.5. The van der Waals surface area contributed by atoms with Gasteiger partial charge in [-0.3, -0.25) is 9.78 Å². The molecule has 1 spiro atoms. The molecule has 4 nitrogen and oxygen atoms in total. The minimum Gasteiger partial charge on any atom is -0.390 e. The Morgan fingerprint density at radius 1 is 1.00 bits per heavy atom. The van der Waals surface area contributed by atoms with Crippen LogP contribution in [0.5, 0.6) is 0 Å². The third-order valence-electron chi connectivity index (χ3n) is 11.4. The summed E-state index contributed by atoms with van der Waals surface area (Å²) in [5.41, 5.74) is 3.77. The Morgan fingerprint density at radius 2 is 1.86 bits per heavy atom. The molecule has 4 heteroatoms. The first-order chi connectivity index (χ1) is 16.7. The first-order valence-electron chi connectivity index (χ1n) is 13.4. The molecule has 5 aliphatic carbocycles. The second kappa shape index (κ2) is 6.92. The van der Waals surface area contributed by atoms with Crippen molar-refractivity contribution in [3.8, 4) is 11.1 Å². The Hall–Kier alpha value is -2.30. The van der Waals surface area contributed by atoms with Crippen LogP contribution >= 0.6 is 0 Å². The largest absolute Gasteiger partial charge is 0.390 e. The van der Waals surface area contributed by atoms with Crippen molar-refractivity contribution in [3.05, 3.63) is 65.5 Å². The number of ketones is 1. The summed E-state index contributed by atoms with van der Waals surface area (Å²) in [6.07, 6.45) is 12.0. The summed E-state index contributed by atoms with van der Waals surface area (Å²) in [6, 6.07) is 10.8. The van der Waals surface area contributed by atoms with Crippen molar-refractivity contribution in [1.82, 2.24) is 4.98 Å². The first-order valence-corrected chi connectivity index (χ1v) is 13.4. The van der Waals surface area contributed by atoms with E-state index in [9.17, 15) is 15.0 Å². The highest BCUT2D eigenvalue weighted by atomic mass is 16.3. The number of hydrogen-bond acceptors (Lipinski definition) is 4. The summed E-state index contributed by atoms with van der Waals surface area (Å²) in [5.74, 6) is 0.633. The predicted octanol–water partition coefficient (Wildman–Crippen LogP) is 5.38. The number of carbonyl (C=O) groups is 1. The molecule has 35 heavy (non-hydrogen) atoms. The Balaban J connectivity index is 1.46. The van der Waals surface area contributed by atoms with Crippen LogP contribution in [0.15, 0.2) is 54.4 Å². The summed E-state index contributed by atoms with van der Waals surface area (Å²) in [7, 11) is 0. The SMILES string of the molecule is C[C@]1(O)CC[C@H]2[C@@H]3CCC4=CC(=O)CC[C@@]45Cc4cc(-c6cccnc6)ccc4C(C[C@@]21C)[C@@]35O. The summed E-state index contributed by atoms with van der Waals surface area (Å²) in [5, 5.41) is 24.6. The van der Waals surface area contributed by atoms with Crippen LogP contribution in [0.3, 0.4) is 0 Å². The highest BCUT2D eigenvalue weighted by molar-refractivity contribution is 5.92. The minimum atomic E-state index is -0.870. The molecular formula is C31H35NO3. The number of nitrogens with zero attached hydrogens (tertiary/aromatic N) is 1. The average Bonchev–Trinajstić information content (AvgIpc) is 3.08. The average molecular weight is 470 g/mol. The van der Waals surface area contributed by atoms with E-state index in [-0.39, 0.29) is 28.4 Å². The molecule has 0 amide bonds. The zero-order valence-corrected chi connectivity index (χ0v) is 20.8. The van der Waals surface area contributed by atoms with Crippen LogP contribution in [0, 0.1) is 22.7 Å². The summed E-state index contributed by atoms with van der Waals surface area (Å²) < 4.78 is 0. The molecule has 1 unspecified atom stereocenters. The van der Waals surface area contributed by atoms with Crippen LogP contribution in [0.4, 0.5) is 0 Å². The molecule has 182 valence electrons. The predicted molar refractivity (Wildman–Crippen MR) is 135 cm³/mol. The van der Waals surface area contributed by atoms with Gasteiger partial charge < -0.3 is 10.2 Å². The highest BCUT2D eigenvalue weighted by Gasteiger charge is 2.73. The van der Waals surface area contributed by atoms with Gasteiger partial charge in [-0.25, -0.2) is 0 Å². The number of pyridine rings is 1. The standard InChI is InChI=1S/C31H35NO3/c1-28-17-27-24-7-5-19(20-4-3-13-32-18-20)14-21(24)16-30-12-9-23(33)15-22(30)6-8-26(31(27,30)35)25(28)10-11-29(28,2)34/h3-5,7,13-15,18,25-27,34-35H,6,8-12,16-17H2,1-2H3/t25-,26-,27?,28-,29-,30+,31-/m0/s1. The Labute approximate surface area is 207 Å². The van der Waals surface area contributed by atoms with E-state index in [0.717, 1.165) is 56.1 Å². The molecule has 5 aliphatic rings. The third-order valence-corrected chi connectivity index (χ3v) is 11.4. The number of benzene rings is 1. The molecular weight excluding hydrogens is 434 g/mol. The number of fused-ring (bicyclic) bond motifs is 4. The fraction of sp³-hybridized carbons (Fsp3) is 0.548. The molecule has 3 fully saturated rings. The van der Waals surface area contributed by atoms with Gasteiger partial charge >= 0.3 is 0 Å². The van der Waals surface area contributed by atoms with E-state index in [0.29, 0.717) is 12.3 Å². The number of aliphatic hydroxyl groups is 2. The fourth-order valence-electron chi connectivity index (χ4n) is 9.52. The molecule has 0 radical (unpaired) electrons. The lowest BCUT2D eigenvalue weighted by Gasteiger charge is -2.69. The van der Waals surface area contributed by atoms with Gasteiger partial charge in [0.25, 0.3) is 0 Å². The van der Waals surface area contributed by atoms with Gasteiger partial charge in [-0.2, -0.15) is 0 Å². The minimum absolute atomic E-state index is 0.0399. The van der Waals surface area contributed by atoms with Crippen molar-refractivity contribution in [3.63, 3.8) is 0 Å². The molecule has 7 rings (SSSR count). The molecule has 2 N–H and O–H groups in total. The molecule has 1 aromatic heterocycles. The van der Waals surface area contributed by atoms with E-state index in [1.807, 2.05) is 25.3 Å². The second-order valence-electron chi connectivity index (χ2n) is 12.6. The molecule has 0 saturated heterocycles. The van der Waals surface area contributed by atoms with E-state index in [4.69, 9.17) is 0 Å². The van der Waals surface area contributed by atoms with Gasteiger partial charge in [0, 0.05) is 30.1 Å². The number of carbonyl (C=O) groups excluding carboxylic acids is 1. The van der Waals surface area contributed by atoms with Crippen molar-refractivity contribution in [2.24, 2.45) is 22.7 Å². The second-order valence-corrected chi connectivity index (χ2v) is 12.6. The van der Waals surface area contributed by atoms with Crippen molar-refractivity contribution in [1.29, 1.82) is 0 Å². The first kappa shape index (κ1) is 21.9. The van der Waals surface area contributed by atoms with E-state index in [2.05, 4.69) is 36.2 Å². The number of aromatic nitrogens is 1. The van der Waals surface area contributed by atoms with Gasteiger partial charge in [-0.15, -0.1) is 0 Å². The molecule has 0 aliphatic heterocycles. The zero-order valence-electron chi connectivity index (χ0n) is 20.8. The maximum absolute atomic E-state index is 13.1. The maximum Gasteiger partial charge on any atom is 0.155 e. The maximum atomic E-state index is 13.1. The van der Waals surface area contributed by atoms with Crippen LogP contribution in [0.25, 0.3) is 11.1 Å². The fourth-order valence-corrected chi connectivity index (χ4v) is 9.52. The van der Waals surface area contributed by atoms with Gasteiger partial charge in [-0.1, -0.05) is 36.8 Å². The van der Waals surface area contributed by atoms with Crippen molar-refractivity contribution in [2.75, 3.05) is 0 Å². The third kappa shape index (κ3) is 2.60. The molecule has 0 bridgehead atoms. The summed E-state index contributed by atoms with van der Waals surface area (Å²) >= 11 is 0. The lowest BCUT2D eigenvalue weighted by Crippen LogP contribution is -2.70. The summed E-state index contributed by atoms with van der Waals surface area (Å²) in [4.78, 5) is 16.9. The van der Waals surface area contributed by atoms with Crippen molar-refractivity contribution in [2.45, 2.75) is 82.3 Å². The molecule has 7 atom stereocenters. The van der Waals surface area contributed by atoms with E-state index in [1.165, 1.54) is 16.7 Å². The van der Waals surface area contributed by atoms with Crippen LogP contribution in [0.1, 0.15) is 75.8 Å². The number of rotatable bonds is 1. The molecule has 3 saturated carbocycles. The topological polar surface area (TPSA) is 70.4 Å². The van der Waals surface area contributed by atoms with Gasteiger partial charge in [0.05, 0.1) is 11.2 Å². The van der Waals surface area contributed by atoms with Crippen molar-refractivity contribution >= 4 is 5.78 Å². The Morgan fingerprint density at radius 3 is 2.66 bits per heavy atom. The van der Waals surface area contributed by atoms with E-state index >= 15 is 0 Å². The van der Waals surface area contributed by atoms with Crippen LogP contribution < -0.4 is 0 Å². The van der Waals surface area contributed by atoms with Gasteiger partial charge in [0.2, 0.25) is 0 Å². The van der Waals surface area contributed by atoms with Crippen LogP contribution in [-0.4, -0.2) is 32.2 Å². The van der Waals surface area contributed by atoms with E-state index < -0.39 is 11.2 Å². The van der Waals surface area contributed by atoms with Crippen molar-refractivity contribution < 1.29 is 15.0 Å². The Bertz CT molecular complexity index is 1270. The van der Waals surface area contributed by atoms with Crippen LogP contribution in [0.2, 0.25) is 0 Å². The molecule has 2 aromatic rings.